The number of aromatic nitrogens is 2. The van der Waals surface area contributed by atoms with Crippen LogP contribution in [0.3, 0.4) is 0 Å². The molecule has 3 aromatic rings. The predicted octanol–water partition coefficient (Wildman–Crippen LogP) is 3.65. The van der Waals surface area contributed by atoms with Crippen molar-refractivity contribution in [1.82, 2.24) is 15.3 Å². The fourth-order valence-electron chi connectivity index (χ4n) is 3.11. The molecule has 5 nitrogen and oxygen atoms in total. The van der Waals surface area contributed by atoms with Gasteiger partial charge in [-0.15, -0.1) is 12.4 Å². The molecule has 0 amide bonds. The van der Waals surface area contributed by atoms with Crippen molar-refractivity contribution in [3.63, 3.8) is 0 Å². The van der Waals surface area contributed by atoms with Gasteiger partial charge in [0.05, 0.1) is 15.6 Å². The van der Waals surface area contributed by atoms with E-state index in [0.717, 1.165) is 47.5 Å². The summed E-state index contributed by atoms with van der Waals surface area (Å²) in [6, 6.07) is 10.8. The smallest absolute Gasteiger partial charge is 0.175 e. The maximum atomic E-state index is 11.6. The van der Waals surface area contributed by atoms with Gasteiger partial charge in [0.15, 0.2) is 9.84 Å². The molecule has 3 heterocycles. The second-order valence-corrected chi connectivity index (χ2v) is 9.42. The van der Waals surface area contributed by atoms with Gasteiger partial charge in [-0.1, -0.05) is 23.5 Å². The Balaban J connectivity index is 0.00000196. The lowest BCUT2D eigenvalue weighted by Crippen LogP contribution is -2.26. The molecule has 0 saturated carbocycles. The van der Waals surface area contributed by atoms with Crippen LogP contribution >= 0.6 is 23.7 Å². The summed E-state index contributed by atoms with van der Waals surface area (Å²) in [4.78, 5) is 10.8. The van der Waals surface area contributed by atoms with Crippen LogP contribution in [0.5, 0.6) is 0 Å². The van der Waals surface area contributed by atoms with Gasteiger partial charge in [-0.2, -0.15) is 0 Å². The van der Waals surface area contributed by atoms with Gasteiger partial charge in [-0.05, 0) is 50.2 Å². The normalized spacial score (nSPS) is 15.7. The summed E-state index contributed by atoms with van der Waals surface area (Å²) in [5.74, 6) is 0.526. The van der Waals surface area contributed by atoms with Crippen molar-refractivity contribution in [3.8, 4) is 11.3 Å². The first-order chi connectivity index (χ1) is 12.0. The molecule has 1 fully saturated rings. The molecule has 26 heavy (non-hydrogen) atoms. The zero-order chi connectivity index (χ0) is 17.4. The second kappa shape index (κ2) is 7.60. The molecular formula is C18H20ClN3O2S2. The number of hydrogen-bond donors (Lipinski definition) is 1. The Hall–Kier alpha value is -1.54. The summed E-state index contributed by atoms with van der Waals surface area (Å²) in [7, 11) is -3.18. The average Bonchev–Trinajstić information content (AvgIpc) is 3.05. The van der Waals surface area contributed by atoms with Gasteiger partial charge in [-0.3, -0.25) is 0 Å². The number of sulfone groups is 1. The minimum Gasteiger partial charge on any atom is -0.317 e. The van der Waals surface area contributed by atoms with Gasteiger partial charge in [0.2, 0.25) is 0 Å². The summed E-state index contributed by atoms with van der Waals surface area (Å²) >= 11 is 1.67. The Labute approximate surface area is 163 Å². The predicted molar refractivity (Wildman–Crippen MR) is 108 cm³/mol. The third-order valence-electron chi connectivity index (χ3n) is 4.54. The van der Waals surface area contributed by atoms with Crippen LogP contribution in [0.25, 0.3) is 21.6 Å². The fourth-order valence-corrected chi connectivity index (χ4v) is 4.85. The van der Waals surface area contributed by atoms with E-state index in [9.17, 15) is 8.42 Å². The number of benzene rings is 1. The van der Waals surface area contributed by atoms with Gasteiger partial charge < -0.3 is 5.32 Å². The number of hydrogen-bond acceptors (Lipinski definition) is 6. The molecule has 1 aliphatic heterocycles. The molecule has 4 rings (SSSR count). The summed E-state index contributed by atoms with van der Waals surface area (Å²) < 4.78 is 23.2. The van der Waals surface area contributed by atoms with E-state index < -0.39 is 9.84 Å². The Morgan fingerprint density at radius 2 is 1.73 bits per heavy atom. The number of rotatable bonds is 3. The summed E-state index contributed by atoms with van der Waals surface area (Å²) in [6.07, 6.45) is 3.46. The molecule has 1 N–H and O–H groups in total. The number of piperidine rings is 1. The molecule has 0 radical (unpaired) electrons. The molecule has 0 atom stereocenters. The van der Waals surface area contributed by atoms with E-state index in [4.69, 9.17) is 9.97 Å². The standard InChI is InChI=1S/C18H19N3O2S2.ClH/c1-25(22,23)14-4-2-12(3-5-14)15-6-7-16-18(20-15)24-17(21-16)13-8-10-19-11-9-13;/h2-7,13,19H,8-11H2,1H3;1H. The Bertz CT molecular complexity index is 1010. The highest BCUT2D eigenvalue weighted by Gasteiger charge is 2.19. The van der Waals surface area contributed by atoms with E-state index in [2.05, 4.69) is 5.32 Å². The average molecular weight is 410 g/mol. The van der Waals surface area contributed by atoms with Crippen LogP contribution in [0.4, 0.5) is 0 Å². The second-order valence-electron chi connectivity index (χ2n) is 6.39. The molecule has 8 heteroatoms. The number of halogens is 1. The molecule has 1 aromatic carbocycles. The highest BCUT2D eigenvalue weighted by atomic mass is 35.5. The van der Waals surface area contributed by atoms with Crippen molar-refractivity contribution in [2.24, 2.45) is 0 Å². The first kappa shape index (κ1) is 19.2. The maximum absolute atomic E-state index is 11.6. The molecule has 1 saturated heterocycles. The lowest BCUT2D eigenvalue weighted by atomic mass is 9.99. The highest BCUT2D eigenvalue weighted by molar-refractivity contribution is 7.90. The van der Waals surface area contributed by atoms with Crippen LogP contribution in [0.2, 0.25) is 0 Å². The van der Waals surface area contributed by atoms with Crippen LogP contribution in [0.15, 0.2) is 41.3 Å². The summed E-state index contributed by atoms with van der Waals surface area (Å²) in [5.41, 5.74) is 2.69. The first-order valence-corrected chi connectivity index (χ1v) is 11.0. The Morgan fingerprint density at radius 3 is 2.38 bits per heavy atom. The summed E-state index contributed by atoms with van der Waals surface area (Å²) in [6.45, 7) is 2.10. The lowest BCUT2D eigenvalue weighted by Gasteiger charge is -2.20. The number of nitrogens with zero attached hydrogens (tertiary/aromatic N) is 2. The third-order valence-corrected chi connectivity index (χ3v) is 6.79. The van der Waals surface area contributed by atoms with Crippen molar-refractivity contribution < 1.29 is 8.42 Å². The third kappa shape index (κ3) is 3.91. The molecule has 138 valence electrons. The van der Waals surface area contributed by atoms with E-state index >= 15 is 0 Å². The quantitative estimate of drug-likeness (QED) is 0.714. The monoisotopic (exact) mass is 409 g/mol. The largest absolute Gasteiger partial charge is 0.317 e. The minimum atomic E-state index is -3.18. The van der Waals surface area contributed by atoms with Crippen LogP contribution in [-0.4, -0.2) is 37.7 Å². The maximum Gasteiger partial charge on any atom is 0.175 e. The molecule has 0 aliphatic carbocycles. The molecular weight excluding hydrogens is 390 g/mol. The SMILES string of the molecule is CS(=O)(=O)c1ccc(-c2ccc3nc(C4CCNCC4)sc3n2)cc1.Cl. The summed E-state index contributed by atoms with van der Waals surface area (Å²) in [5, 5.41) is 4.56. The zero-order valence-corrected chi connectivity index (χ0v) is 16.8. The van der Waals surface area contributed by atoms with Crippen molar-refractivity contribution in [2.75, 3.05) is 19.3 Å². The topological polar surface area (TPSA) is 72.0 Å². The van der Waals surface area contributed by atoms with E-state index in [1.807, 2.05) is 12.1 Å². The number of pyridine rings is 1. The van der Waals surface area contributed by atoms with E-state index in [1.54, 1.807) is 35.6 Å². The first-order valence-electron chi connectivity index (χ1n) is 8.29. The van der Waals surface area contributed by atoms with E-state index in [0.29, 0.717) is 10.8 Å². The Morgan fingerprint density at radius 1 is 1.04 bits per heavy atom. The Kier molecular flexibility index (Phi) is 5.62. The number of fused-ring (bicyclic) bond motifs is 1. The highest BCUT2D eigenvalue weighted by Crippen LogP contribution is 2.32. The van der Waals surface area contributed by atoms with Crippen molar-refractivity contribution in [1.29, 1.82) is 0 Å². The molecule has 1 aliphatic rings. The number of nitrogens with one attached hydrogen (secondary N) is 1. The molecule has 0 unspecified atom stereocenters. The van der Waals surface area contributed by atoms with Crippen molar-refractivity contribution >= 4 is 43.9 Å². The van der Waals surface area contributed by atoms with Crippen LogP contribution in [0, 0.1) is 0 Å². The van der Waals surface area contributed by atoms with Crippen LogP contribution in [-0.2, 0) is 9.84 Å². The minimum absolute atomic E-state index is 0. The van der Waals surface area contributed by atoms with Gasteiger partial charge >= 0.3 is 0 Å². The number of thiazole rings is 1. The lowest BCUT2D eigenvalue weighted by molar-refractivity contribution is 0.459. The molecule has 2 aromatic heterocycles. The fraction of sp³-hybridized carbons (Fsp3) is 0.333. The van der Waals surface area contributed by atoms with E-state index in [-0.39, 0.29) is 12.4 Å². The van der Waals surface area contributed by atoms with E-state index in [1.165, 1.54) is 11.3 Å². The van der Waals surface area contributed by atoms with Gasteiger partial charge in [0, 0.05) is 17.7 Å². The van der Waals surface area contributed by atoms with Crippen molar-refractivity contribution in [2.45, 2.75) is 23.7 Å². The zero-order valence-electron chi connectivity index (χ0n) is 14.3. The molecule has 0 spiro atoms. The van der Waals surface area contributed by atoms with Crippen molar-refractivity contribution in [3.05, 3.63) is 41.4 Å². The van der Waals surface area contributed by atoms with Gasteiger partial charge in [-0.25, -0.2) is 18.4 Å². The van der Waals surface area contributed by atoms with Gasteiger partial charge in [0.1, 0.15) is 10.3 Å². The van der Waals surface area contributed by atoms with Crippen LogP contribution < -0.4 is 5.32 Å². The molecule has 0 bridgehead atoms. The van der Waals surface area contributed by atoms with Crippen LogP contribution in [0.1, 0.15) is 23.8 Å². The van der Waals surface area contributed by atoms with Gasteiger partial charge in [0.25, 0.3) is 0 Å².